The highest BCUT2D eigenvalue weighted by Crippen LogP contribution is 2.23. The Hall–Kier alpha value is -1.77. The first kappa shape index (κ1) is 13.7. The summed E-state index contributed by atoms with van der Waals surface area (Å²) in [7, 11) is 0. The van der Waals surface area contributed by atoms with Gasteiger partial charge in [-0.25, -0.2) is 4.98 Å². The van der Waals surface area contributed by atoms with E-state index in [2.05, 4.69) is 4.98 Å². The van der Waals surface area contributed by atoms with E-state index in [4.69, 9.17) is 11.6 Å². The third-order valence-electron chi connectivity index (χ3n) is 2.82. The van der Waals surface area contributed by atoms with Gasteiger partial charge >= 0.3 is 0 Å². The number of aliphatic hydroxyl groups excluding tert-OH is 2. The van der Waals surface area contributed by atoms with E-state index in [0.717, 1.165) is 17.2 Å². The lowest BCUT2D eigenvalue weighted by molar-refractivity contribution is -0.385. The summed E-state index contributed by atoms with van der Waals surface area (Å²) in [5.74, 6) is -0.674. The first-order valence-corrected chi connectivity index (χ1v) is 5.73. The molecule has 0 aromatic carbocycles. The van der Waals surface area contributed by atoms with Gasteiger partial charge in [0.25, 0.3) is 11.6 Å². The summed E-state index contributed by atoms with van der Waals surface area (Å²) in [4.78, 5) is 26.9. The van der Waals surface area contributed by atoms with Crippen molar-refractivity contribution in [3.05, 3.63) is 33.1 Å². The molecule has 1 saturated heterocycles. The Morgan fingerprint density at radius 1 is 1.47 bits per heavy atom. The Morgan fingerprint density at radius 2 is 2.05 bits per heavy atom. The van der Waals surface area contributed by atoms with Gasteiger partial charge in [-0.1, -0.05) is 11.6 Å². The molecule has 8 nitrogen and oxygen atoms in total. The van der Waals surface area contributed by atoms with Crippen LogP contribution in [-0.2, 0) is 0 Å². The number of nitrogens with zero attached hydrogens (tertiary/aromatic N) is 3. The van der Waals surface area contributed by atoms with E-state index in [1.807, 2.05) is 0 Å². The molecule has 0 bridgehead atoms. The number of aliphatic hydroxyl groups is 2. The molecule has 1 aromatic rings. The summed E-state index contributed by atoms with van der Waals surface area (Å²) in [6, 6.07) is 1.10. The lowest BCUT2D eigenvalue weighted by Gasteiger charge is -2.15. The number of amides is 1. The number of hydrogen-bond acceptors (Lipinski definition) is 6. The zero-order chi connectivity index (χ0) is 14.2. The molecule has 0 radical (unpaired) electrons. The van der Waals surface area contributed by atoms with Gasteiger partial charge in [0.05, 0.1) is 17.1 Å². The van der Waals surface area contributed by atoms with Crippen molar-refractivity contribution in [3.8, 4) is 0 Å². The minimum absolute atomic E-state index is 0.0470. The minimum atomic E-state index is -1.06. The number of aromatic nitrogens is 1. The van der Waals surface area contributed by atoms with E-state index in [1.54, 1.807) is 0 Å². The molecule has 1 aromatic heterocycles. The predicted octanol–water partition coefficient (Wildman–Crippen LogP) is -0.179. The molecule has 2 N–H and O–H groups in total. The summed E-state index contributed by atoms with van der Waals surface area (Å²) in [5, 5.41) is 29.5. The first-order valence-electron chi connectivity index (χ1n) is 5.35. The number of rotatable bonds is 2. The van der Waals surface area contributed by atoms with Gasteiger partial charge in [-0.05, 0) is 6.07 Å². The maximum Gasteiger partial charge on any atom is 0.300 e. The van der Waals surface area contributed by atoms with E-state index in [0.29, 0.717) is 0 Å². The van der Waals surface area contributed by atoms with Gasteiger partial charge in [0, 0.05) is 13.1 Å². The largest absolute Gasteiger partial charge is 0.388 e. The van der Waals surface area contributed by atoms with Crippen molar-refractivity contribution in [2.24, 2.45) is 0 Å². The molecule has 2 heterocycles. The Morgan fingerprint density at radius 3 is 2.58 bits per heavy atom. The fraction of sp³-hybridized carbons (Fsp3) is 0.400. The SMILES string of the molecule is O=C(c1cc(Cl)ncc1[N+](=O)[O-])N1C[C@@H](O)[C@@H](O)C1. The summed E-state index contributed by atoms with van der Waals surface area (Å²) in [6.07, 6.45) is -1.21. The fourth-order valence-electron chi connectivity index (χ4n) is 1.85. The van der Waals surface area contributed by atoms with Crippen molar-refractivity contribution in [3.63, 3.8) is 0 Å². The normalized spacial score (nSPS) is 22.6. The van der Waals surface area contributed by atoms with Crippen LogP contribution in [0.25, 0.3) is 0 Å². The van der Waals surface area contributed by atoms with Crippen molar-refractivity contribution in [2.45, 2.75) is 12.2 Å². The van der Waals surface area contributed by atoms with Crippen molar-refractivity contribution in [1.29, 1.82) is 0 Å². The second-order valence-electron chi connectivity index (χ2n) is 4.13. The standard InChI is InChI=1S/C10H10ClN3O5/c11-9-1-5(6(2-12-9)14(18)19)10(17)13-3-7(15)8(16)4-13/h1-2,7-8,15-16H,3-4H2/t7-,8+. The number of β-amino-alcohol motifs (C(OH)–C–C–N with tert-alkyl or cyclic N) is 2. The van der Waals surface area contributed by atoms with Crippen LogP contribution in [0.15, 0.2) is 12.3 Å². The lowest BCUT2D eigenvalue weighted by atomic mass is 10.2. The van der Waals surface area contributed by atoms with Crippen LogP contribution >= 0.6 is 11.6 Å². The average Bonchev–Trinajstić information content (AvgIpc) is 2.68. The molecule has 0 aliphatic carbocycles. The van der Waals surface area contributed by atoms with Crippen LogP contribution in [0.3, 0.4) is 0 Å². The zero-order valence-electron chi connectivity index (χ0n) is 9.56. The van der Waals surface area contributed by atoms with Gasteiger partial charge in [-0.15, -0.1) is 0 Å². The molecular weight excluding hydrogens is 278 g/mol. The lowest BCUT2D eigenvalue weighted by Crippen LogP contribution is -2.30. The number of pyridine rings is 1. The molecular formula is C10H10ClN3O5. The van der Waals surface area contributed by atoms with Crippen molar-refractivity contribution < 1.29 is 19.9 Å². The number of likely N-dealkylation sites (tertiary alicyclic amines) is 1. The van der Waals surface area contributed by atoms with Gasteiger partial charge < -0.3 is 15.1 Å². The van der Waals surface area contributed by atoms with Crippen LogP contribution < -0.4 is 0 Å². The summed E-state index contributed by atoms with van der Waals surface area (Å²) < 4.78 is 0. The molecule has 2 rings (SSSR count). The van der Waals surface area contributed by atoms with Crippen molar-refractivity contribution in [1.82, 2.24) is 9.88 Å². The average molecular weight is 288 g/mol. The van der Waals surface area contributed by atoms with Crippen molar-refractivity contribution >= 4 is 23.2 Å². The molecule has 0 saturated carbocycles. The van der Waals surface area contributed by atoms with Crippen LogP contribution in [-0.4, -0.2) is 56.2 Å². The van der Waals surface area contributed by atoms with Crippen LogP contribution in [0.4, 0.5) is 5.69 Å². The molecule has 1 amide bonds. The molecule has 1 fully saturated rings. The second-order valence-corrected chi connectivity index (χ2v) is 4.51. The van der Waals surface area contributed by atoms with Crippen LogP contribution in [0, 0.1) is 10.1 Å². The number of carbonyl (C=O) groups is 1. The highest BCUT2D eigenvalue weighted by Gasteiger charge is 2.35. The molecule has 1 aliphatic heterocycles. The smallest absolute Gasteiger partial charge is 0.300 e. The Kier molecular flexibility index (Phi) is 3.65. The highest BCUT2D eigenvalue weighted by molar-refractivity contribution is 6.29. The molecule has 0 spiro atoms. The maximum absolute atomic E-state index is 12.1. The van der Waals surface area contributed by atoms with Gasteiger partial charge in [0.1, 0.15) is 16.9 Å². The molecule has 9 heteroatoms. The van der Waals surface area contributed by atoms with E-state index < -0.39 is 28.7 Å². The monoisotopic (exact) mass is 287 g/mol. The Labute approximate surface area is 112 Å². The van der Waals surface area contributed by atoms with Crippen molar-refractivity contribution in [2.75, 3.05) is 13.1 Å². The van der Waals surface area contributed by atoms with Crippen LogP contribution in [0.5, 0.6) is 0 Å². The minimum Gasteiger partial charge on any atom is -0.388 e. The van der Waals surface area contributed by atoms with Crippen LogP contribution in [0.2, 0.25) is 5.15 Å². The Bertz CT molecular complexity index is 528. The molecule has 19 heavy (non-hydrogen) atoms. The molecule has 0 unspecified atom stereocenters. The number of carbonyl (C=O) groups excluding carboxylic acids is 1. The fourth-order valence-corrected chi connectivity index (χ4v) is 2.00. The number of hydrogen-bond donors (Lipinski definition) is 2. The van der Waals surface area contributed by atoms with E-state index in [-0.39, 0.29) is 23.8 Å². The Balaban J connectivity index is 2.33. The second kappa shape index (κ2) is 5.08. The zero-order valence-corrected chi connectivity index (χ0v) is 10.3. The first-order chi connectivity index (χ1) is 8.90. The maximum atomic E-state index is 12.1. The third kappa shape index (κ3) is 2.65. The van der Waals surface area contributed by atoms with Gasteiger partial charge in [-0.2, -0.15) is 0 Å². The third-order valence-corrected chi connectivity index (χ3v) is 3.03. The number of halogens is 1. The van der Waals surface area contributed by atoms with Crippen LogP contribution in [0.1, 0.15) is 10.4 Å². The number of nitro groups is 1. The van der Waals surface area contributed by atoms with Gasteiger partial charge in [0.15, 0.2) is 0 Å². The molecule has 1 aliphatic rings. The molecule has 2 atom stereocenters. The highest BCUT2D eigenvalue weighted by atomic mass is 35.5. The topological polar surface area (TPSA) is 117 Å². The van der Waals surface area contributed by atoms with E-state index in [1.165, 1.54) is 0 Å². The summed E-state index contributed by atoms with van der Waals surface area (Å²) in [6.45, 7) is -0.172. The predicted molar refractivity (Wildman–Crippen MR) is 63.8 cm³/mol. The summed E-state index contributed by atoms with van der Waals surface area (Å²) in [5.41, 5.74) is -0.684. The summed E-state index contributed by atoms with van der Waals surface area (Å²) >= 11 is 5.63. The van der Waals surface area contributed by atoms with Gasteiger partial charge in [-0.3, -0.25) is 14.9 Å². The van der Waals surface area contributed by atoms with E-state index in [9.17, 15) is 25.1 Å². The molecule has 102 valence electrons. The van der Waals surface area contributed by atoms with Gasteiger partial charge in [0.2, 0.25) is 0 Å². The quantitative estimate of drug-likeness (QED) is 0.443. The van der Waals surface area contributed by atoms with E-state index >= 15 is 0 Å².